The second kappa shape index (κ2) is 30.4. The van der Waals surface area contributed by atoms with Crippen LogP contribution in [0.3, 0.4) is 0 Å². The summed E-state index contributed by atoms with van der Waals surface area (Å²) in [5, 5.41) is 51.5. The molecule has 0 radical (unpaired) electrons. The van der Waals surface area contributed by atoms with Crippen molar-refractivity contribution >= 4 is 59.2 Å². The molecule has 25 heteroatoms. The van der Waals surface area contributed by atoms with E-state index in [4.69, 9.17) is 17.2 Å². The average molecular weight is 860 g/mol. The number of aliphatic hydroxyl groups excluding tert-OH is 2. The minimum Gasteiger partial charge on any atom is -0.480 e. The number of hydrogen-bond donors (Lipinski definition) is 15. The highest BCUT2D eigenvalue weighted by atomic mass is 16.4. The molecule has 8 amide bonds. The van der Waals surface area contributed by atoms with E-state index in [1.54, 1.807) is 7.05 Å². The number of carboxylic acids is 1. The van der Waals surface area contributed by atoms with Crippen LogP contribution < -0.4 is 65.1 Å². The number of rotatable bonds is 31. The Morgan fingerprint density at radius 1 is 0.617 bits per heavy atom. The van der Waals surface area contributed by atoms with Gasteiger partial charge in [-0.1, -0.05) is 0 Å². The van der Waals surface area contributed by atoms with Gasteiger partial charge in [0.05, 0.1) is 31.8 Å². The summed E-state index contributed by atoms with van der Waals surface area (Å²) in [6.45, 7) is 2.61. The molecule has 0 aliphatic carbocycles. The summed E-state index contributed by atoms with van der Waals surface area (Å²) in [6, 6.07) is -8.03. The lowest BCUT2D eigenvalue weighted by Gasteiger charge is -2.26. The third kappa shape index (κ3) is 24.3. The molecule has 0 aliphatic rings. The molecular formula is C35H65N13O12. The molecule has 0 unspecified atom stereocenters. The van der Waals surface area contributed by atoms with Crippen molar-refractivity contribution in [3.8, 4) is 0 Å². The Hall–Kier alpha value is -5.66. The Balaban J connectivity index is 5.54. The summed E-state index contributed by atoms with van der Waals surface area (Å²) < 4.78 is 0. The van der Waals surface area contributed by atoms with Gasteiger partial charge < -0.3 is 80.4 Å². The molecule has 0 aromatic heterocycles. The fourth-order valence-electron chi connectivity index (χ4n) is 5.15. The quantitative estimate of drug-likeness (QED) is 0.0175. The van der Waals surface area contributed by atoms with Crippen LogP contribution in [0.5, 0.6) is 0 Å². The number of carboxylic acid groups (broad SMARTS) is 1. The molecule has 0 saturated heterocycles. The lowest BCUT2D eigenvalue weighted by Crippen LogP contribution is -2.61. The lowest BCUT2D eigenvalue weighted by atomic mass is 10.1. The molecule has 60 heavy (non-hydrogen) atoms. The number of aliphatic carboxylic acids is 1. The second-order valence-corrected chi connectivity index (χ2v) is 13.9. The maximum absolute atomic E-state index is 13.5. The molecule has 0 rings (SSSR count). The fraction of sp³-hybridized carbons (Fsp3) is 0.714. The van der Waals surface area contributed by atoms with Crippen molar-refractivity contribution in [2.75, 3.05) is 46.4 Å². The van der Waals surface area contributed by atoms with E-state index in [9.17, 15) is 58.5 Å². The van der Waals surface area contributed by atoms with E-state index >= 15 is 0 Å². The van der Waals surface area contributed by atoms with Crippen LogP contribution in [0.2, 0.25) is 0 Å². The number of aliphatic hydroxyl groups is 2. The van der Waals surface area contributed by atoms with Crippen LogP contribution in [-0.4, -0.2) is 163 Å². The summed E-state index contributed by atoms with van der Waals surface area (Å²) in [6.07, 6.45) is 0.767. The number of nitrogens with zero attached hydrogens (tertiary/aromatic N) is 1. The van der Waals surface area contributed by atoms with Crippen molar-refractivity contribution in [3.05, 3.63) is 0 Å². The molecule has 25 nitrogen and oxygen atoms in total. The number of nitrogens with two attached hydrogens (primary N) is 3. The molecule has 0 aliphatic heterocycles. The summed E-state index contributed by atoms with van der Waals surface area (Å²) in [7, 11) is 1.73. The highest BCUT2D eigenvalue weighted by molar-refractivity contribution is 5.96. The van der Waals surface area contributed by atoms with Gasteiger partial charge >= 0.3 is 5.97 Å². The molecule has 0 bridgehead atoms. The zero-order chi connectivity index (χ0) is 45.8. The summed E-state index contributed by atoms with van der Waals surface area (Å²) in [5.41, 5.74) is 16.4. The zero-order valence-electron chi connectivity index (χ0n) is 34.6. The van der Waals surface area contributed by atoms with E-state index in [2.05, 4.69) is 52.8 Å². The van der Waals surface area contributed by atoms with Crippen LogP contribution in [0.1, 0.15) is 72.1 Å². The predicted octanol–water partition coefficient (Wildman–Crippen LogP) is -6.80. The van der Waals surface area contributed by atoms with Crippen molar-refractivity contribution in [2.45, 2.75) is 114 Å². The number of guanidine groups is 1. The van der Waals surface area contributed by atoms with E-state index in [1.807, 2.05) is 0 Å². The third-order valence-electron chi connectivity index (χ3n) is 8.47. The van der Waals surface area contributed by atoms with Gasteiger partial charge in [-0.25, -0.2) is 4.79 Å². The van der Waals surface area contributed by atoms with Crippen LogP contribution >= 0.6 is 0 Å². The third-order valence-corrected chi connectivity index (χ3v) is 8.47. The van der Waals surface area contributed by atoms with Gasteiger partial charge in [0.15, 0.2) is 5.96 Å². The number of aliphatic imine (C=N–C) groups is 1. The SMILES string of the molecule is CNCCCC[C@H](NC(=O)[C@H](CCCN=C(N)N)NC(=O)[C@H](C)N)C(=O)N[C@@H](CO)C(=O)N[C@H](C(=O)NCC(=O)NCC(=O)N[C@@H](CCCCNC(C)=O)C(=O)O)[C@@H](C)O. The summed E-state index contributed by atoms with van der Waals surface area (Å²) in [5.74, 6) is -7.87. The average Bonchev–Trinajstić information content (AvgIpc) is 3.17. The van der Waals surface area contributed by atoms with Crippen LogP contribution in [0.4, 0.5) is 0 Å². The minimum atomic E-state index is -1.70. The molecule has 0 spiro atoms. The van der Waals surface area contributed by atoms with Crippen LogP contribution in [0.25, 0.3) is 0 Å². The molecule has 0 heterocycles. The summed E-state index contributed by atoms with van der Waals surface area (Å²) in [4.78, 5) is 116. The molecular weight excluding hydrogens is 794 g/mol. The first-order valence-electron chi connectivity index (χ1n) is 19.5. The van der Waals surface area contributed by atoms with Crippen LogP contribution in [0, 0.1) is 0 Å². The first-order valence-corrected chi connectivity index (χ1v) is 19.5. The van der Waals surface area contributed by atoms with Gasteiger partial charge in [-0.3, -0.25) is 43.3 Å². The van der Waals surface area contributed by atoms with Gasteiger partial charge in [-0.2, -0.15) is 0 Å². The van der Waals surface area contributed by atoms with Crippen molar-refractivity contribution in [3.63, 3.8) is 0 Å². The second-order valence-electron chi connectivity index (χ2n) is 13.9. The molecule has 0 aromatic carbocycles. The Morgan fingerprint density at radius 2 is 1.13 bits per heavy atom. The Morgan fingerprint density at radius 3 is 1.65 bits per heavy atom. The highest BCUT2D eigenvalue weighted by Crippen LogP contribution is 2.07. The van der Waals surface area contributed by atoms with Gasteiger partial charge in [0.1, 0.15) is 30.2 Å². The summed E-state index contributed by atoms with van der Waals surface area (Å²) >= 11 is 0. The first kappa shape index (κ1) is 54.3. The van der Waals surface area contributed by atoms with Gasteiger partial charge in [-0.05, 0) is 78.8 Å². The van der Waals surface area contributed by atoms with Crippen molar-refractivity contribution in [1.82, 2.24) is 47.9 Å². The lowest BCUT2D eigenvalue weighted by molar-refractivity contribution is -0.142. The Labute approximate surface area is 348 Å². The molecule has 0 saturated carbocycles. The molecule has 0 fully saturated rings. The van der Waals surface area contributed by atoms with Crippen LogP contribution in [0.15, 0.2) is 4.99 Å². The normalized spacial score (nSPS) is 14.2. The Kier molecular flexibility index (Phi) is 27.5. The van der Waals surface area contributed by atoms with Gasteiger partial charge in [0, 0.05) is 20.0 Å². The van der Waals surface area contributed by atoms with E-state index in [0.29, 0.717) is 38.8 Å². The number of unbranched alkanes of at least 4 members (excludes halogenated alkanes) is 2. The number of amides is 8. The minimum absolute atomic E-state index is 0.0616. The molecule has 0 aromatic rings. The van der Waals surface area contributed by atoms with E-state index in [1.165, 1.54) is 13.8 Å². The zero-order valence-corrected chi connectivity index (χ0v) is 34.6. The number of hydrogen-bond acceptors (Lipinski definition) is 14. The smallest absolute Gasteiger partial charge is 0.326 e. The standard InChI is InChI=1S/C35H65N13O12/c1-19(36)29(54)45-23(12-9-15-41-35(37)38)30(55)46-22(10-5-7-13-39-4)31(56)47-25(18-49)32(57)48-28(20(2)50)33(58)43-16-26(52)42-17-27(53)44-24(34(59)60)11-6-8-14-40-21(3)51/h19-20,22-25,28,39,49-50H,5-18,36H2,1-4H3,(H,40,51)(H,42,52)(H,43,58)(H,44,53)(H,45,54)(H,46,55)(H,47,56)(H,48,57)(H,59,60)(H4,37,38,41)/t19-,20+,22-,23-,24-,25-,28-/m0/s1. The Bertz CT molecular complexity index is 1460. The van der Waals surface area contributed by atoms with Gasteiger partial charge in [0.25, 0.3) is 0 Å². The molecule has 7 atom stereocenters. The number of carbonyl (C=O) groups excluding carboxylic acids is 8. The van der Waals surface area contributed by atoms with E-state index in [-0.39, 0.29) is 44.1 Å². The fourth-order valence-corrected chi connectivity index (χ4v) is 5.15. The van der Waals surface area contributed by atoms with Crippen molar-refractivity contribution < 1.29 is 58.5 Å². The maximum atomic E-state index is 13.5. The monoisotopic (exact) mass is 859 g/mol. The van der Waals surface area contributed by atoms with Crippen LogP contribution in [-0.2, 0) is 43.2 Å². The highest BCUT2D eigenvalue weighted by Gasteiger charge is 2.33. The van der Waals surface area contributed by atoms with Gasteiger partial charge in [-0.15, -0.1) is 0 Å². The first-order chi connectivity index (χ1) is 28.2. The van der Waals surface area contributed by atoms with Crippen molar-refractivity contribution in [1.29, 1.82) is 0 Å². The van der Waals surface area contributed by atoms with E-state index in [0.717, 1.165) is 6.92 Å². The topological polar surface area (TPSA) is 413 Å². The molecule has 18 N–H and O–H groups in total. The van der Waals surface area contributed by atoms with Crippen molar-refractivity contribution in [2.24, 2.45) is 22.2 Å². The van der Waals surface area contributed by atoms with Gasteiger partial charge in [0.2, 0.25) is 47.3 Å². The van der Waals surface area contributed by atoms with E-state index < -0.39 is 109 Å². The maximum Gasteiger partial charge on any atom is 0.326 e. The predicted molar refractivity (Wildman–Crippen MR) is 216 cm³/mol. The number of carbonyl (C=O) groups is 9. The number of nitrogens with one attached hydrogen (secondary N) is 9. The molecule has 342 valence electrons. The largest absolute Gasteiger partial charge is 0.480 e.